The summed E-state index contributed by atoms with van der Waals surface area (Å²) in [5.74, 6) is 0.156. The van der Waals surface area contributed by atoms with E-state index in [2.05, 4.69) is 25.8 Å². The van der Waals surface area contributed by atoms with E-state index in [1.54, 1.807) is 0 Å². The van der Waals surface area contributed by atoms with Crippen LogP contribution >= 0.6 is 0 Å². The molecule has 2 rings (SSSR count). The number of hydrogen-bond acceptors (Lipinski definition) is 2. The van der Waals surface area contributed by atoms with Gasteiger partial charge in [0.1, 0.15) is 0 Å². The average Bonchev–Trinajstić information content (AvgIpc) is 2.41. The fourth-order valence-electron chi connectivity index (χ4n) is 1.77. The first kappa shape index (κ1) is 14.7. The molecular formula is C15H24N2O. The first-order valence-corrected chi connectivity index (χ1v) is 6.71. The lowest BCUT2D eigenvalue weighted by Crippen LogP contribution is -2.47. The maximum Gasteiger partial charge on any atom is 0.253 e. The van der Waals surface area contributed by atoms with Crippen LogP contribution in [0.3, 0.4) is 0 Å². The molecule has 0 saturated carbocycles. The highest BCUT2D eigenvalue weighted by molar-refractivity contribution is 5.94. The molecule has 100 valence electrons. The Morgan fingerprint density at radius 3 is 2.06 bits per heavy atom. The number of amides is 1. The van der Waals surface area contributed by atoms with Crippen molar-refractivity contribution in [1.29, 1.82) is 0 Å². The van der Waals surface area contributed by atoms with Crippen molar-refractivity contribution in [2.75, 3.05) is 33.2 Å². The van der Waals surface area contributed by atoms with Gasteiger partial charge in [0.15, 0.2) is 0 Å². The monoisotopic (exact) mass is 248 g/mol. The molecule has 1 fully saturated rings. The zero-order chi connectivity index (χ0) is 13.4. The number of nitrogens with zero attached hydrogens (tertiary/aromatic N) is 2. The Morgan fingerprint density at radius 2 is 1.56 bits per heavy atom. The van der Waals surface area contributed by atoms with Crippen LogP contribution in [0.1, 0.15) is 30.6 Å². The van der Waals surface area contributed by atoms with Gasteiger partial charge >= 0.3 is 0 Å². The lowest BCUT2D eigenvalue weighted by Gasteiger charge is -2.32. The van der Waals surface area contributed by atoms with Crippen molar-refractivity contribution in [3.8, 4) is 0 Å². The van der Waals surface area contributed by atoms with E-state index in [9.17, 15) is 4.79 Å². The molecule has 18 heavy (non-hydrogen) atoms. The second-order valence-corrected chi connectivity index (χ2v) is 4.67. The summed E-state index contributed by atoms with van der Waals surface area (Å²) in [7, 11) is 2.09. The van der Waals surface area contributed by atoms with Gasteiger partial charge in [0, 0.05) is 31.7 Å². The molecule has 0 atom stereocenters. The van der Waals surface area contributed by atoms with Crippen molar-refractivity contribution < 1.29 is 4.79 Å². The first-order valence-electron chi connectivity index (χ1n) is 6.71. The third-order valence-corrected chi connectivity index (χ3v) is 2.81. The molecule has 1 aromatic carbocycles. The highest BCUT2D eigenvalue weighted by Gasteiger charge is 2.19. The van der Waals surface area contributed by atoms with Crippen LogP contribution in [0, 0.1) is 0 Å². The molecule has 1 aliphatic heterocycles. The lowest BCUT2D eigenvalue weighted by molar-refractivity contribution is 0.0664. The Kier molecular flexibility index (Phi) is 6.44. The second-order valence-electron chi connectivity index (χ2n) is 4.67. The molecule has 0 aliphatic carbocycles. The number of carbonyl (C=O) groups is 1. The quantitative estimate of drug-likeness (QED) is 0.762. The Bertz CT molecular complexity index is 343. The topological polar surface area (TPSA) is 23.6 Å². The van der Waals surface area contributed by atoms with Gasteiger partial charge in [-0.15, -0.1) is 0 Å². The Labute approximate surface area is 110 Å². The minimum absolute atomic E-state index is 0.156. The maximum absolute atomic E-state index is 12.0. The summed E-state index contributed by atoms with van der Waals surface area (Å²) < 4.78 is 0. The molecule has 1 heterocycles. The minimum Gasteiger partial charge on any atom is -0.336 e. The van der Waals surface area contributed by atoms with E-state index in [1.165, 1.54) is 6.42 Å². The molecular weight excluding hydrogens is 224 g/mol. The molecule has 0 radical (unpaired) electrons. The highest BCUT2D eigenvalue weighted by atomic mass is 16.2. The Hall–Kier alpha value is -1.35. The number of benzene rings is 1. The van der Waals surface area contributed by atoms with Crippen LogP contribution in [0.4, 0.5) is 0 Å². The largest absolute Gasteiger partial charge is 0.336 e. The molecule has 1 aliphatic rings. The molecule has 3 heteroatoms. The van der Waals surface area contributed by atoms with E-state index in [4.69, 9.17) is 0 Å². The number of piperazine rings is 1. The van der Waals surface area contributed by atoms with Gasteiger partial charge in [0.05, 0.1) is 0 Å². The van der Waals surface area contributed by atoms with Crippen LogP contribution in [0.5, 0.6) is 0 Å². The zero-order valence-corrected chi connectivity index (χ0v) is 11.7. The molecule has 0 unspecified atom stereocenters. The van der Waals surface area contributed by atoms with Gasteiger partial charge in [-0.05, 0) is 19.2 Å². The normalized spacial score (nSPS) is 15.8. The standard InChI is InChI=1S/C12H16N2O.C3H8/c1-13-7-9-14(10-8-13)12(15)11-5-3-2-4-6-11;1-3-2/h2-6H,7-10H2,1H3;3H2,1-2H3. The van der Waals surface area contributed by atoms with Crippen molar-refractivity contribution >= 4 is 5.91 Å². The molecule has 1 amide bonds. The van der Waals surface area contributed by atoms with Gasteiger partial charge in [0.2, 0.25) is 0 Å². The summed E-state index contributed by atoms with van der Waals surface area (Å²) in [6.45, 7) is 7.87. The minimum atomic E-state index is 0.156. The summed E-state index contributed by atoms with van der Waals surface area (Å²) in [6.07, 6.45) is 1.25. The van der Waals surface area contributed by atoms with Crippen LogP contribution in [0.15, 0.2) is 30.3 Å². The van der Waals surface area contributed by atoms with E-state index in [1.807, 2.05) is 35.2 Å². The molecule has 0 aromatic heterocycles. The van der Waals surface area contributed by atoms with Crippen molar-refractivity contribution in [3.05, 3.63) is 35.9 Å². The van der Waals surface area contributed by atoms with Crippen LogP contribution in [-0.2, 0) is 0 Å². The third kappa shape index (κ3) is 4.49. The number of carbonyl (C=O) groups excluding carboxylic acids is 1. The predicted octanol–water partition coefficient (Wildman–Crippen LogP) is 2.49. The van der Waals surface area contributed by atoms with Crippen LogP contribution in [0.2, 0.25) is 0 Å². The lowest BCUT2D eigenvalue weighted by atomic mass is 10.2. The number of likely N-dealkylation sites (N-methyl/N-ethyl adjacent to an activating group) is 1. The summed E-state index contributed by atoms with van der Waals surface area (Å²) >= 11 is 0. The van der Waals surface area contributed by atoms with E-state index in [0.29, 0.717) is 0 Å². The van der Waals surface area contributed by atoms with Gasteiger partial charge in [-0.25, -0.2) is 0 Å². The molecule has 0 N–H and O–H groups in total. The average molecular weight is 248 g/mol. The van der Waals surface area contributed by atoms with E-state index >= 15 is 0 Å². The number of hydrogen-bond donors (Lipinski definition) is 0. The van der Waals surface area contributed by atoms with Crippen molar-refractivity contribution in [2.45, 2.75) is 20.3 Å². The molecule has 3 nitrogen and oxygen atoms in total. The van der Waals surface area contributed by atoms with Gasteiger partial charge in [0.25, 0.3) is 5.91 Å². The third-order valence-electron chi connectivity index (χ3n) is 2.81. The van der Waals surface area contributed by atoms with Crippen LogP contribution in [0.25, 0.3) is 0 Å². The van der Waals surface area contributed by atoms with Crippen molar-refractivity contribution in [2.24, 2.45) is 0 Å². The highest BCUT2D eigenvalue weighted by Crippen LogP contribution is 2.07. The zero-order valence-electron chi connectivity index (χ0n) is 11.7. The van der Waals surface area contributed by atoms with Gasteiger partial charge in [-0.1, -0.05) is 38.5 Å². The number of rotatable bonds is 1. The summed E-state index contributed by atoms with van der Waals surface area (Å²) in [6, 6.07) is 9.49. The van der Waals surface area contributed by atoms with Crippen LogP contribution in [-0.4, -0.2) is 48.9 Å². The first-order chi connectivity index (χ1) is 8.69. The molecule has 0 bridgehead atoms. The van der Waals surface area contributed by atoms with Gasteiger partial charge in [-0.3, -0.25) is 4.79 Å². The summed E-state index contributed by atoms with van der Waals surface area (Å²) in [5, 5.41) is 0. The molecule has 1 saturated heterocycles. The van der Waals surface area contributed by atoms with Crippen LogP contribution < -0.4 is 0 Å². The van der Waals surface area contributed by atoms with E-state index in [-0.39, 0.29) is 5.91 Å². The van der Waals surface area contributed by atoms with Gasteiger partial charge in [-0.2, -0.15) is 0 Å². The SMILES string of the molecule is CCC.CN1CCN(C(=O)c2ccccc2)CC1. The smallest absolute Gasteiger partial charge is 0.253 e. The van der Waals surface area contributed by atoms with Crippen molar-refractivity contribution in [3.63, 3.8) is 0 Å². The predicted molar refractivity (Wildman–Crippen MR) is 75.8 cm³/mol. The Balaban J connectivity index is 0.000000492. The molecule has 0 spiro atoms. The fraction of sp³-hybridized carbons (Fsp3) is 0.533. The Morgan fingerprint density at radius 1 is 1.06 bits per heavy atom. The fourth-order valence-corrected chi connectivity index (χ4v) is 1.77. The summed E-state index contributed by atoms with van der Waals surface area (Å²) in [4.78, 5) is 16.2. The van der Waals surface area contributed by atoms with Crippen molar-refractivity contribution in [1.82, 2.24) is 9.80 Å². The van der Waals surface area contributed by atoms with E-state index in [0.717, 1.165) is 31.7 Å². The van der Waals surface area contributed by atoms with Gasteiger partial charge < -0.3 is 9.80 Å². The maximum atomic E-state index is 12.0. The summed E-state index contributed by atoms with van der Waals surface area (Å²) in [5.41, 5.74) is 0.794. The second kappa shape index (κ2) is 7.88. The molecule has 1 aromatic rings. The van der Waals surface area contributed by atoms with E-state index < -0.39 is 0 Å².